The van der Waals surface area contributed by atoms with Gasteiger partial charge in [-0.2, -0.15) is 0 Å². The number of nitrogens with one attached hydrogen (secondary N) is 1. The Morgan fingerprint density at radius 2 is 1.96 bits per heavy atom. The lowest BCUT2D eigenvalue weighted by Gasteiger charge is -2.09. The Morgan fingerprint density at radius 1 is 1.20 bits per heavy atom. The van der Waals surface area contributed by atoms with Crippen molar-refractivity contribution in [1.82, 2.24) is 4.98 Å². The number of ether oxygens (including phenoxy) is 2. The lowest BCUT2D eigenvalue weighted by molar-refractivity contribution is -0.145. The molecule has 134 valence electrons. The number of pyridine rings is 1. The van der Waals surface area contributed by atoms with Crippen molar-refractivity contribution in [3.8, 4) is 5.75 Å². The number of aryl methyl sites for hydroxylation is 1. The van der Waals surface area contributed by atoms with Crippen LogP contribution in [0.4, 0.5) is 0 Å². The number of benzene rings is 1. The van der Waals surface area contributed by atoms with Gasteiger partial charge in [-0.15, -0.1) is 0 Å². The first-order chi connectivity index (χ1) is 12.0. The minimum atomic E-state index is -0.290. The van der Waals surface area contributed by atoms with E-state index < -0.39 is 0 Å². The normalized spacial score (nSPS) is 10.7. The van der Waals surface area contributed by atoms with E-state index in [4.69, 9.17) is 9.47 Å². The molecule has 0 fully saturated rings. The molecule has 5 heteroatoms. The number of aromatic nitrogens is 1. The zero-order valence-corrected chi connectivity index (χ0v) is 14.8. The smallest absolute Gasteiger partial charge is 0.306 e. The van der Waals surface area contributed by atoms with Crippen LogP contribution in [0.3, 0.4) is 0 Å². The van der Waals surface area contributed by atoms with E-state index in [1.807, 2.05) is 30.3 Å². The molecule has 25 heavy (non-hydrogen) atoms. The van der Waals surface area contributed by atoms with Gasteiger partial charge in [0.15, 0.2) is 5.75 Å². The number of H-pyrrole nitrogens is 1. The van der Waals surface area contributed by atoms with Gasteiger partial charge in [0, 0.05) is 18.7 Å². The molecule has 5 nitrogen and oxygen atoms in total. The maximum atomic E-state index is 12.0. The fraction of sp³-hybridized carbons (Fsp3) is 0.400. The molecule has 1 aromatic carbocycles. The molecule has 0 spiro atoms. The van der Waals surface area contributed by atoms with Crippen LogP contribution in [-0.4, -0.2) is 17.6 Å². The molecule has 0 aliphatic rings. The molecule has 0 bridgehead atoms. The molecule has 0 saturated heterocycles. The number of aromatic amines is 1. The highest BCUT2D eigenvalue weighted by Gasteiger charge is 2.07. The van der Waals surface area contributed by atoms with Crippen molar-refractivity contribution in [3.63, 3.8) is 0 Å². The van der Waals surface area contributed by atoms with Crippen molar-refractivity contribution >= 4 is 5.97 Å². The molecule has 1 N–H and O–H groups in total. The summed E-state index contributed by atoms with van der Waals surface area (Å²) in [7, 11) is 0. The second-order valence-corrected chi connectivity index (χ2v) is 6.36. The first-order valence-corrected chi connectivity index (χ1v) is 8.58. The topological polar surface area (TPSA) is 68.4 Å². The van der Waals surface area contributed by atoms with Gasteiger partial charge < -0.3 is 14.5 Å². The van der Waals surface area contributed by atoms with Crippen molar-refractivity contribution in [2.45, 2.75) is 39.7 Å². The Hall–Kier alpha value is -2.56. The second-order valence-electron chi connectivity index (χ2n) is 6.36. The van der Waals surface area contributed by atoms with Crippen LogP contribution in [0.2, 0.25) is 0 Å². The molecule has 0 amide bonds. The van der Waals surface area contributed by atoms with Crippen LogP contribution in [-0.2, 0) is 22.6 Å². The molecule has 0 radical (unpaired) electrons. The number of carbonyl (C=O) groups excluding carboxylic acids is 1. The first kappa shape index (κ1) is 18.8. The Balaban J connectivity index is 1.77. The van der Waals surface area contributed by atoms with Gasteiger partial charge in [-0.1, -0.05) is 44.2 Å². The van der Waals surface area contributed by atoms with Crippen LogP contribution in [0, 0.1) is 5.92 Å². The number of rotatable bonds is 9. The quantitative estimate of drug-likeness (QED) is 0.708. The average Bonchev–Trinajstić information content (AvgIpc) is 2.60. The van der Waals surface area contributed by atoms with Crippen LogP contribution >= 0.6 is 0 Å². The summed E-state index contributed by atoms with van der Waals surface area (Å²) >= 11 is 0. The second kappa shape index (κ2) is 9.67. The number of carbonyl (C=O) groups is 1. The fourth-order valence-electron chi connectivity index (χ4n) is 2.22. The van der Waals surface area contributed by atoms with Gasteiger partial charge in [-0.3, -0.25) is 9.59 Å². The molecule has 0 atom stereocenters. The Kier molecular flexibility index (Phi) is 7.26. The number of hydrogen-bond donors (Lipinski definition) is 1. The molecule has 2 rings (SSSR count). The van der Waals surface area contributed by atoms with Gasteiger partial charge in [-0.25, -0.2) is 0 Å². The number of hydrogen-bond acceptors (Lipinski definition) is 4. The van der Waals surface area contributed by atoms with E-state index in [9.17, 15) is 9.59 Å². The predicted molar refractivity (Wildman–Crippen MR) is 96.6 cm³/mol. The third-order valence-electron chi connectivity index (χ3n) is 3.74. The van der Waals surface area contributed by atoms with Gasteiger partial charge in [0.05, 0.1) is 12.3 Å². The van der Waals surface area contributed by atoms with Crippen LogP contribution in [0.5, 0.6) is 5.75 Å². The van der Waals surface area contributed by atoms with Gasteiger partial charge in [0.25, 0.3) is 0 Å². The molecule has 1 aromatic heterocycles. The SMILES string of the molecule is CC(C)CCOc1c[nH]c(COC(=O)CCc2ccccc2)cc1=O. The maximum Gasteiger partial charge on any atom is 0.306 e. The van der Waals surface area contributed by atoms with E-state index in [2.05, 4.69) is 18.8 Å². The third-order valence-corrected chi connectivity index (χ3v) is 3.74. The largest absolute Gasteiger partial charge is 0.488 e. The average molecular weight is 343 g/mol. The molecule has 0 unspecified atom stereocenters. The summed E-state index contributed by atoms with van der Waals surface area (Å²) in [6, 6.07) is 11.2. The minimum absolute atomic E-state index is 0.0507. The van der Waals surface area contributed by atoms with Crippen LogP contribution in [0.1, 0.15) is 37.9 Å². The summed E-state index contributed by atoms with van der Waals surface area (Å²) in [5.74, 6) is 0.524. The van der Waals surface area contributed by atoms with Crippen LogP contribution in [0.25, 0.3) is 0 Å². The summed E-state index contributed by atoms with van der Waals surface area (Å²) in [6.45, 7) is 4.76. The summed E-state index contributed by atoms with van der Waals surface area (Å²) < 4.78 is 10.7. The zero-order chi connectivity index (χ0) is 18.1. The molecular weight excluding hydrogens is 318 g/mol. The Morgan fingerprint density at radius 3 is 2.64 bits per heavy atom. The van der Waals surface area contributed by atoms with Gasteiger partial charge in [-0.05, 0) is 24.3 Å². The van der Waals surface area contributed by atoms with Crippen molar-refractivity contribution in [1.29, 1.82) is 0 Å². The molecule has 0 aliphatic carbocycles. The summed E-state index contributed by atoms with van der Waals surface area (Å²) in [4.78, 5) is 26.7. The summed E-state index contributed by atoms with van der Waals surface area (Å²) in [6.07, 6.45) is 3.36. The van der Waals surface area contributed by atoms with E-state index >= 15 is 0 Å². The fourth-order valence-corrected chi connectivity index (χ4v) is 2.22. The molecular formula is C20H25NO4. The standard InChI is InChI=1S/C20H25NO4/c1-15(2)10-11-24-19-13-21-17(12-18(19)22)14-25-20(23)9-8-16-6-4-3-5-7-16/h3-7,12-13,15H,8-11,14H2,1-2H3,(H,21,22). The van der Waals surface area contributed by atoms with Gasteiger partial charge in [0.1, 0.15) is 6.61 Å². The van der Waals surface area contributed by atoms with E-state index in [-0.39, 0.29) is 18.0 Å². The highest BCUT2D eigenvalue weighted by Crippen LogP contribution is 2.07. The highest BCUT2D eigenvalue weighted by atomic mass is 16.5. The maximum absolute atomic E-state index is 12.0. The van der Waals surface area contributed by atoms with Crippen molar-refractivity contribution < 1.29 is 14.3 Å². The van der Waals surface area contributed by atoms with Crippen molar-refractivity contribution in [3.05, 3.63) is 64.1 Å². The first-order valence-electron chi connectivity index (χ1n) is 8.58. The number of esters is 1. The molecule has 0 aliphatic heterocycles. The molecule has 0 saturated carbocycles. The van der Waals surface area contributed by atoms with Gasteiger partial charge >= 0.3 is 5.97 Å². The predicted octanol–water partition coefficient (Wildman–Crippen LogP) is 3.48. The summed E-state index contributed by atoms with van der Waals surface area (Å²) in [5.41, 5.74) is 1.43. The minimum Gasteiger partial charge on any atom is -0.488 e. The zero-order valence-electron chi connectivity index (χ0n) is 14.8. The van der Waals surface area contributed by atoms with E-state index in [1.54, 1.807) is 0 Å². The third kappa shape index (κ3) is 6.83. The van der Waals surface area contributed by atoms with Crippen LogP contribution < -0.4 is 10.2 Å². The van der Waals surface area contributed by atoms with Crippen molar-refractivity contribution in [2.75, 3.05) is 6.61 Å². The monoisotopic (exact) mass is 343 g/mol. The summed E-state index contributed by atoms with van der Waals surface area (Å²) in [5, 5.41) is 0. The lowest BCUT2D eigenvalue weighted by atomic mass is 10.1. The highest BCUT2D eigenvalue weighted by molar-refractivity contribution is 5.69. The van der Waals surface area contributed by atoms with Crippen molar-refractivity contribution in [2.24, 2.45) is 5.92 Å². The van der Waals surface area contributed by atoms with Crippen LogP contribution in [0.15, 0.2) is 47.4 Å². The van der Waals surface area contributed by atoms with E-state index in [1.165, 1.54) is 12.3 Å². The van der Waals surface area contributed by atoms with E-state index in [0.717, 1.165) is 12.0 Å². The van der Waals surface area contributed by atoms with E-state index in [0.29, 0.717) is 36.8 Å². The molecule has 2 aromatic rings. The van der Waals surface area contributed by atoms with Gasteiger partial charge in [0.2, 0.25) is 5.43 Å². The lowest BCUT2D eigenvalue weighted by Crippen LogP contribution is -2.13. The Labute approximate surface area is 148 Å². The Bertz CT molecular complexity index is 722. The molecule has 1 heterocycles.